The molecular formula is C27H34ClF3N6O2. The van der Waals surface area contributed by atoms with Crippen molar-refractivity contribution in [3.05, 3.63) is 35.5 Å². The topological polar surface area (TPSA) is 115 Å². The van der Waals surface area contributed by atoms with Gasteiger partial charge in [-0.25, -0.2) is 9.97 Å². The highest BCUT2D eigenvalue weighted by molar-refractivity contribution is 6.33. The fraction of sp³-hybridized carbons (Fsp3) is 0.593. The van der Waals surface area contributed by atoms with E-state index in [1.54, 1.807) is 6.20 Å². The van der Waals surface area contributed by atoms with Gasteiger partial charge in [0.15, 0.2) is 5.60 Å². The number of hydrogen-bond acceptors (Lipinski definition) is 8. The number of rotatable bonds is 9. The number of halogens is 4. The molecule has 0 radical (unpaired) electrons. The lowest BCUT2D eigenvalue weighted by atomic mass is 9.82. The van der Waals surface area contributed by atoms with E-state index in [9.17, 15) is 23.5 Å². The SMILES string of the molecule is CC(O)(CN[C@H]1CC[C@H](Nc2cc(-c3cccc(NCC4(C#N)CCOCC4)n3)c(Cl)cn2)CC1)C(F)(F)F. The molecule has 12 heteroatoms. The molecule has 1 saturated heterocycles. The summed E-state index contributed by atoms with van der Waals surface area (Å²) in [6.45, 7) is 1.87. The Labute approximate surface area is 231 Å². The first-order valence-corrected chi connectivity index (χ1v) is 13.5. The highest BCUT2D eigenvalue weighted by Gasteiger charge is 2.49. The molecule has 2 fully saturated rings. The van der Waals surface area contributed by atoms with Crippen LogP contribution in [0.1, 0.15) is 45.4 Å². The zero-order valence-electron chi connectivity index (χ0n) is 21.8. The summed E-state index contributed by atoms with van der Waals surface area (Å²) in [5, 5.41) is 29.4. The van der Waals surface area contributed by atoms with Gasteiger partial charge in [0.1, 0.15) is 11.6 Å². The fourth-order valence-corrected chi connectivity index (χ4v) is 5.04. The molecule has 8 nitrogen and oxygen atoms in total. The third-order valence-electron chi connectivity index (χ3n) is 7.60. The van der Waals surface area contributed by atoms with Gasteiger partial charge in [-0.15, -0.1) is 0 Å². The van der Waals surface area contributed by atoms with Crippen molar-refractivity contribution in [1.82, 2.24) is 15.3 Å². The number of pyridine rings is 2. The molecule has 3 heterocycles. The first-order valence-electron chi connectivity index (χ1n) is 13.2. The zero-order chi connectivity index (χ0) is 28.1. The van der Waals surface area contributed by atoms with Crippen molar-refractivity contribution in [1.29, 1.82) is 5.26 Å². The molecule has 0 aromatic carbocycles. The van der Waals surface area contributed by atoms with E-state index in [1.165, 1.54) is 0 Å². The van der Waals surface area contributed by atoms with Crippen molar-refractivity contribution in [2.75, 3.05) is 36.9 Å². The number of ether oxygens (including phenoxy) is 1. The van der Waals surface area contributed by atoms with E-state index >= 15 is 0 Å². The van der Waals surface area contributed by atoms with E-state index in [0.29, 0.717) is 73.4 Å². The maximum Gasteiger partial charge on any atom is 0.418 e. The van der Waals surface area contributed by atoms with Gasteiger partial charge in [-0.2, -0.15) is 18.4 Å². The molecule has 2 aliphatic rings. The van der Waals surface area contributed by atoms with E-state index in [4.69, 9.17) is 21.3 Å². The van der Waals surface area contributed by atoms with Crippen LogP contribution in [0.15, 0.2) is 30.5 Å². The molecular weight excluding hydrogens is 533 g/mol. The van der Waals surface area contributed by atoms with Crippen LogP contribution >= 0.6 is 11.6 Å². The predicted octanol–water partition coefficient (Wildman–Crippen LogP) is 5.16. The van der Waals surface area contributed by atoms with Gasteiger partial charge in [0.2, 0.25) is 0 Å². The van der Waals surface area contributed by atoms with Crippen LogP contribution in [-0.4, -0.2) is 65.2 Å². The Hall–Kier alpha value is -2.65. The Morgan fingerprint density at radius 3 is 2.51 bits per heavy atom. The standard InChI is InChI=1S/C27H34ClF3N6O2/c1-25(38,27(29,30)31)16-34-18-5-7-19(8-6-18)36-24-13-20(21(28)14-33-24)22-3-2-4-23(37-22)35-17-26(15-32)9-11-39-12-10-26/h2-4,13-14,18-19,34,38H,5-12,16-17H2,1H3,(H,33,36)(H,35,37)/t18-,19-,25?. The summed E-state index contributed by atoms with van der Waals surface area (Å²) >= 11 is 6.48. The quantitative estimate of drug-likeness (QED) is 0.329. The van der Waals surface area contributed by atoms with Gasteiger partial charge in [0, 0.05) is 50.1 Å². The van der Waals surface area contributed by atoms with Gasteiger partial charge < -0.3 is 25.8 Å². The molecule has 0 amide bonds. The van der Waals surface area contributed by atoms with Crippen LogP contribution < -0.4 is 16.0 Å². The minimum absolute atomic E-state index is 0.0913. The lowest BCUT2D eigenvalue weighted by Gasteiger charge is -2.33. The minimum atomic E-state index is -4.68. The maximum absolute atomic E-state index is 12.9. The Bertz CT molecular complexity index is 1160. The normalized spacial score (nSPS) is 22.9. The molecule has 1 atom stereocenters. The molecule has 0 bridgehead atoms. The minimum Gasteiger partial charge on any atom is -0.381 e. The summed E-state index contributed by atoms with van der Waals surface area (Å²) in [6, 6.07) is 9.89. The molecule has 0 spiro atoms. The summed E-state index contributed by atoms with van der Waals surface area (Å²) in [4.78, 5) is 9.11. The Kier molecular flexibility index (Phi) is 9.21. The van der Waals surface area contributed by atoms with Crippen molar-refractivity contribution in [2.24, 2.45) is 5.41 Å². The Morgan fingerprint density at radius 2 is 1.85 bits per heavy atom. The summed E-state index contributed by atoms with van der Waals surface area (Å²) in [5.74, 6) is 1.28. The third-order valence-corrected chi connectivity index (χ3v) is 7.90. The van der Waals surface area contributed by atoms with E-state index in [0.717, 1.165) is 19.8 Å². The van der Waals surface area contributed by atoms with Crippen LogP contribution in [-0.2, 0) is 4.74 Å². The van der Waals surface area contributed by atoms with Gasteiger partial charge in [0.25, 0.3) is 0 Å². The number of hydrogen-bond donors (Lipinski definition) is 4. The number of anilines is 2. The highest BCUT2D eigenvalue weighted by Crippen LogP contribution is 2.33. The molecule has 212 valence electrons. The van der Waals surface area contributed by atoms with E-state index in [1.807, 2.05) is 24.3 Å². The summed E-state index contributed by atoms with van der Waals surface area (Å²) in [5.41, 5.74) is -1.86. The first kappa shape index (κ1) is 29.3. The monoisotopic (exact) mass is 566 g/mol. The number of aromatic nitrogens is 2. The fourth-order valence-electron chi connectivity index (χ4n) is 4.84. The van der Waals surface area contributed by atoms with Crippen LogP contribution in [0.2, 0.25) is 5.02 Å². The van der Waals surface area contributed by atoms with E-state index < -0.39 is 23.7 Å². The second-order valence-electron chi connectivity index (χ2n) is 10.7. The van der Waals surface area contributed by atoms with Crippen molar-refractivity contribution in [3.63, 3.8) is 0 Å². The lowest BCUT2D eigenvalue weighted by Crippen LogP contribution is -2.52. The molecule has 1 unspecified atom stereocenters. The van der Waals surface area contributed by atoms with Crippen molar-refractivity contribution >= 4 is 23.2 Å². The largest absolute Gasteiger partial charge is 0.418 e. The van der Waals surface area contributed by atoms with Crippen LogP contribution in [0.5, 0.6) is 0 Å². The second-order valence-corrected chi connectivity index (χ2v) is 11.1. The first-order chi connectivity index (χ1) is 18.5. The van der Waals surface area contributed by atoms with Crippen LogP contribution in [0.4, 0.5) is 24.8 Å². The summed E-state index contributed by atoms with van der Waals surface area (Å²) in [6.07, 6.45) is 1.09. The van der Waals surface area contributed by atoms with Gasteiger partial charge in [0.05, 0.1) is 22.2 Å². The molecule has 4 rings (SSSR count). The predicted molar refractivity (Wildman–Crippen MR) is 143 cm³/mol. The second kappa shape index (κ2) is 12.3. The maximum atomic E-state index is 12.9. The van der Waals surface area contributed by atoms with Crippen molar-refractivity contribution in [2.45, 2.75) is 69.3 Å². The summed E-state index contributed by atoms with van der Waals surface area (Å²) < 4.78 is 44.1. The number of alkyl halides is 3. The smallest absolute Gasteiger partial charge is 0.381 e. The molecule has 2 aromatic rings. The molecule has 4 N–H and O–H groups in total. The zero-order valence-corrected chi connectivity index (χ0v) is 22.6. The van der Waals surface area contributed by atoms with Crippen LogP contribution in [0.3, 0.4) is 0 Å². The number of nitriles is 1. The van der Waals surface area contributed by atoms with Gasteiger partial charge >= 0.3 is 6.18 Å². The molecule has 1 saturated carbocycles. The van der Waals surface area contributed by atoms with Gasteiger partial charge in [-0.1, -0.05) is 17.7 Å². The molecule has 1 aliphatic carbocycles. The van der Waals surface area contributed by atoms with Gasteiger partial charge in [-0.05, 0) is 63.6 Å². The average molecular weight is 567 g/mol. The molecule has 2 aromatic heterocycles. The summed E-state index contributed by atoms with van der Waals surface area (Å²) in [7, 11) is 0. The van der Waals surface area contributed by atoms with Crippen LogP contribution in [0.25, 0.3) is 11.3 Å². The van der Waals surface area contributed by atoms with E-state index in [-0.39, 0.29) is 12.1 Å². The Balaban J connectivity index is 1.34. The highest BCUT2D eigenvalue weighted by atomic mass is 35.5. The number of nitrogens with zero attached hydrogens (tertiary/aromatic N) is 3. The lowest BCUT2D eigenvalue weighted by molar-refractivity contribution is -0.250. The molecule has 1 aliphatic heterocycles. The average Bonchev–Trinajstić information content (AvgIpc) is 2.93. The van der Waals surface area contributed by atoms with Crippen LogP contribution in [0, 0.1) is 16.7 Å². The number of aliphatic hydroxyl groups is 1. The number of nitrogens with one attached hydrogen (secondary N) is 3. The Morgan fingerprint density at radius 1 is 1.15 bits per heavy atom. The third kappa shape index (κ3) is 7.51. The molecule has 39 heavy (non-hydrogen) atoms. The van der Waals surface area contributed by atoms with Crippen molar-refractivity contribution in [3.8, 4) is 17.3 Å². The van der Waals surface area contributed by atoms with Crippen molar-refractivity contribution < 1.29 is 23.0 Å². The van der Waals surface area contributed by atoms with Gasteiger partial charge in [-0.3, -0.25) is 0 Å². The van der Waals surface area contributed by atoms with E-state index in [2.05, 4.69) is 27.0 Å².